The maximum absolute atomic E-state index is 13.1. The highest BCUT2D eigenvalue weighted by Gasteiger charge is 2.43. The normalized spacial score (nSPS) is 18.9. The summed E-state index contributed by atoms with van der Waals surface area (Å²) in [6.45, 7) is 1.81. The van der Waals surface area contributed by atoms with E-state index in [0.717, 1.165) is 22.2 Å². The number of ether oxygens (including phenoxy) is 1. The Bertz CT molecular complexity index is 1010. The molecule has 0 radical (unpaired) electrons. The molecule has 1 fully saturated rings. The zero-order valence-electron chi connectivity index (χ0n) is 14.9. The number of rotatable bonds is 5. The van der Waals surface area contributed by atoms with Crippen LogP contribution in [-0.2, 0) is 18.3 Å². The number of methoxy groups -OCH3 is 1. The van der Waals surface area contributed by atoms with Crippen molar-refractivity contribution in [3.8, 4) is 17.1 Å². The molecule has 6 nitrogen and oxygen atoms in total. The van der Waals surface area contributed by atoms with E-state index >= 15 is 0 Å². The van der Waals surface area contributed by atoms with Crippen molar-refractivity contribution in [2.75, 3.05) is 7.11 Å². The van der Waals surface area contributed by atoms with Gasteiger partial charge in [0.05, 0.1) is 36.0 Å². The minimum atomic E-state index is -0.969. The molecule has 7 heteroatoms. The van der Waals surface area contributed by atoms with Gasteiger partial charge in [-0.2, -0.15) is 4.98 Å². The highest BCUT2D eigenvalue weighted by atomic mass is 19.1. The van der Waals surface area contributed by atoms with Gasteiger partial charge in [0.1, 0.15) is 17.8 Å². The summed E-state index contributed by atoms with van der Waals surface area (Å²) in [5.41, 5.74) is 3.26. The Balaban J connectivity index is 1.71. The number of fused-ring (bicyclic) bond motifs is 1. The Labute approximate surface area is 150 Å². The van der Waals surface area contributed by atoms with Gasteiger partial charge in [-0.1, -0.05) is 0 Å². The number of hydrogen-bond donors (Lipinski definition) is 0. The molecular weight excluding hydrogens is 335 g/mol. The molecule has 3 heterocycles. The van der Waals surface area contributed by atoms with Crippen molar-refractivity contribution in [2.24, 2.45) is 13.0 Å². The third-order valence-electron chi connectivity index (χ3n) is 4.81. The average Bonchev–Trinajstić information content (AvgIpc) is 3.27. The highest BCUT2D eigenvalue weighted by Crippen LogP contribution is 2.36. The van der Waals surface area contributed by atoms with Crippen LogP contribution in [0.5, 0.6) is 5.88 Å². The van der Waals surface area contributed by atoms with Gasteiger partial charge < -0.3 is 9.30 Å². The summed E-state index contributed by atoms with van der Waals surface area (Å²) in [7, 11) is 3.51. The number of aromatic nitrogens is 4. The Hall–Kier alpha value is -2.83. The molecule has 134 valence electrons. The van der Waals surface area contributed by atoms with Crippen LogP contribution >= 0.6 is 0 Å². The zero-order chi connectivity index (χ0) is 18.4. The first-order valence-corrected chi connectivity index (χ1v) is 8.47. The monoisotopic (exact) mass is 354 g/mol. The summed E-state index contributed by atoms with van der Waals surface area (Å²) in [5.74, 6) is 0.634. The largest absolute Gasteiger partial charge is 0.480 e. The van der Waals surface area contributed by atoms with Crippen LogP contribution < -0.4 is 4.74 Å². The summed E-state index contributed by atoms with van der Waals surface area (Å²) in [6, 6.07) is 3.88. The second-order valence-corrected chi connectivity index (χ2v) is 6.66. The predicted octanol–water partition coefficient (Wildman–Crippen LogP) is 2.82. The summed E-state index contributed by atoms with van der Waals surface area (Å²) < 4.78 is 20.4. The molecule has 3 aromatic heterocycles. The average molecular weight is 354 g/mol. The topological polar surface area (TPSA) is 69.9 Å². The fourth-order valence-electron chi connectivity index (χ4n) is 3.22. The van der Waals surface area contributed by atoms with Gasteiger partial charge in [0, 0.05) is 30.7 Å². The summed E-state index contributed by atoms with van der Waals surface area (Å²) in [6.07, 6.45) is 3.03. The third kappa shape index (κ3) is 2.83. The standard InChI is InChI=1S/C19H19FN4O2/c1-10-21-8-14(19(23-10)26-3)16-5-11-4-12(22-9-17(11)24(16)2)6-18(25)13-7-15(13)20/h4-5,8-9,13,15H,6-7H2,1-3H3/t13-,15+/m1/s1. The van der Waals surface area contributed by atoms with E-state index in [1.54, 1.807) is 19.5 Å². The van der Waals surface area contributed by atoms with Crippen molar-refractivity contribution in [2.45, 2.75) is 25.9 Å². The first-order valence-electron chi connectivity index (χ1n) is 8.47. The first-order chi connectivity index (χ1) is 12.5. The van der Waals surface area contributed by atoms with Gasteiger partial charge in [-0.25, -0.2) is 9.37 Å². The molecule has 1 saturated carbocycles. The van der Waals surface area contributed by atoms with Crippen molar-refractivity contribution >= 4 is 16.7 Å². The smallest absolute Gasteiger partial charge is 0.225 e. The minimum Gasteiger partial charge on any atom is -0.480 e. The van der Waals surface area contributed by atoms with Crippen LogP contribution in [0.1, 0.15) is 17.9 Å². The lowest BCUT2D eigenvalue weighted by atomic mass is 10.1. The van der Waals surface area contributed by atoms with E-state index in [9.17, 15) is 9.18 Å². The molecule has 0 bridgehead atoms. The molecule has 0 aromatic carbocycles. The van der Waals surface area contributed by atoms with Crippen molar-refractivity contribution in [3.05, 3.63) is 36.0 Å². The van der Waals surface area contributed by atoms with Gasteiger partial charge in [0.25, 0.3) is 0 Å². The van der Waals surface area contributed by atoms with E-state index in [0.29, 0.717) is 23.8 Å². The molecule has 0 amide bonds. The van der Waals surface area contributed by atoms with Crippen LogP contribution in [0.25, 0.3) is 22.2 Å². The highest BCUT2D eigenvalue weighted by molar-refractivity contribution is 5.89. The lowest BCUT2D eigenvalue weighted by Crippen LogP contribution is -2.08. The van der Waals surface area contributed by atoms with E-state index in [1.807, 2.05) is 30.7 Å². The van der Waals surface area contributed by atoms with Crippen molar-refractivity contribution in [1.82, 2.24) is 19.5 Å². The maximum Gasteiger partial charge on any atom is 0.225 e. The molecule has 0 saturated heterocycles. The van der Waals surface area contributed by atoms with E-state index in [4.69, 9.17) is 4.74 Å². The van der Waals surface area contributed by atoms with Crippen LogP contribution in [0.2, 0.25) is 0 Å². The number of ketones is 1. The number of pyridine rings is 1. The molecule has 26 heavy (non-hydrogen) atoms. The number of carbonyl (C=O) groups excluding carboxylic acids is 1. The van der Waals surface area contributed by atoms with Crippen LogP contribution in [0.3, 0.4) is 0 Å². The van der Waals surface area contributed by atoms with Crippen molar-refractivity contribution in [1.29, 1.82) is 0 Å². The summed E-state index contributed by atoms with van der Waals surface area (Å²) in [4.78, 5) is 25.0. The van der Waals surface area contributed by atoms with E-state index < -0.39 is 12.1 Å². The van der Waals surface area contributed by atoms with Crippen molar-refractivity contribution < 1.29 is 13.9 Å². The number of Topliss-reactive ketones (excluding diaryl/α,β-unsaturated/α-hetero) is 1. The van der Waals surface area contributed by atoms with E-state index in [-0.39, 0.29) is 12.2 Å². The molecule has 0 N–H and O–H groups in total. The molecule has 3 aromatic rings. The molecule has 0 unspecified atom stereocenters. The van der Waals surface area contributed by atoms with Crippen LogP contribution in [-0.4, -0.2) is 38.6 Å². The fraction of sp³-hybridized carbons (Fsp3) is 0.368. The number of aryl methyl sites for hydroxylation is 2. The van der Waals surface area contributed by atoms with Gasteiger partial charge in [0.15, 0.2) is 0 Å². The number of nitrogens with zero attached hydrogens (tertiary/aromatic N) is 4. The quantitative estimate of drug-likeness (QED) is 0.705. The second-order valence-electron chi connectivity index (χ2n) is 6.66. The number of halogens is 1. The molecule has 1 aliphatic rings. The number of alkyl halides is 1. The second kappa shape index (κ2) is 6.16. The Morgan fingerprint density at radius 2 is 2.12 bits per heavy atom. The Kier molecular flexibility index (Phi) is 3.94. The SMILES string of the molecule is COc1nc(C)ncc1-c1cc2cc(CC(=O)[C@@H]3C[C@@H]3F)ncc2n1C. The fourth-order valence-corrected chi connectivity index (χ4v) is 3.22. The van der Waals surface area contributed by atoms with E-state index in [2.05, 4.69) is 15.0 Å². The number of carbonyl (C=O) groups is 1. The van der Waals surface area contributed by atoms with Crippen LogP contribution in [0.4, 0.5) is 4.39 Å². The predicted molar refractivity (Wildman–Crippen MR) is 94.7 cm³/mol. The first kappa shape index (κ1) is 16.6. The molecule has 2 atom stereocenters. The van der Waals surface area contributed by atoms with E-state index in [1.165, 1.54) is 0 Å². The Morgan fingerprint density at radius 1 is 1.35 bits per heavy atom. The lowest BCUT2D eigenvalue weighted by molar-refractivity contribution is -0.120. The van der Waals surface area contributed by atoms with Crippen molar-refractivity contribution in [3.63, 3.8) is 0 Å². The lowest BCUT2D eigenvalue weighted by Gasteiger charge is -2.08. The van der Waals surface area contributed by atoms with Gasteiger partial charge in [-0.05, 0) is 25.5 Å². The van der Waals surface area contributed by atoms with Gasteiger partial charge in [0.2, 0.25) is 5.88 Å². The molecule has 4 rings (SSSR count). The van der Waals surface area contributed by atoms with Crippen LogP contribution in [0, 0.1) is 12.8 Å². The Morgan fingerprint density at radius 3 is 2.81 bits per heavy atom. The van der Waals surface area contributed by atoms with Gasteiger partial charge >= 0.3 is 0 Å². The zero-order valence-corrected chi connectivity index (χ0v) is 14.9. The summed E-state index contributed by atoms with van der Waals surface area (Å²) >= 11 is 0. The molecule has 1 aliphatic carbocycles. The van der Waals surface area contributed by atoms with Gasteiger partial charge in [-0.15, -0.1) is 0 Å². The summed E-state index contributed by atoms with van der Waals surface area (Å²) in [5, 5.41) is 0.954. The molecule has 0 spiro atoms. The third-order valence-corrected chi connectivity index (χ3v) is 4.81. The minimum absolute atomic E-state index is 0.0749. The van der Waals surface area contributed by atoms with Crippen LogP contribution in [0.15, 0.2) is 24.5 Å². The number of hydrogen-bond acceptors (Lipinski definition) is 5. The maximum atomic E-state index is 13.1. The van der Waals surface area contributed by atoms with Gasteiger partial charge in [-0.3, -0.25) is 9.78 Å². The molecular formula is C19H19FN4O2. The molecule has 0 aliphatic heterocycles.